The molecule has 0 radical (unpaired) electrons. The van der Waals surface area contributed by atoms with E-state index in [0.717, 1.165) is 11.1 Å². The Hall–Kier alpha value is -1.44. The third kappa shape index (κ3) is 4.53. The van der Waals surface area contributed by atoms with E-state index in [1.807, 2.05) is 26.0 Å². The summed E-state index contributed by atoms with van der Waals surface area (Å²) in [5, 5.41) is 8.66. The van der Waals surface area contributed by atoms with Gasteiger partial charge in [0.2, 0.25) is 10.0 Å². The van der Waals surface area contributed by atoms with E-state index < -0.39 is 16.0 Å². The van der Waals surface area contributed by atoms with Crippen molar-refractivity contribution in [3.05, 3.63) is 29.3 Å². The first kappa shape index (κ1) is 17.9. The molecule has 0 aliphatic carbocycles. The number of aryl methyl sites for hydroxylation is 2. The molecule has 6 nitrogen and oxygen atoms in total. The lowest BCUT2D eigenvalue weighted by Gasteiger charge is -2.34. The van der Waals surface area contributed by atoms with Crippen LogP contribution in [0.15, 0.2) is 23.1 Å². The molecule has 1 fully saturated rings. The summed E-state index contributed by atoms with van der Waals surface area (Å²) < 4.78 is 27.1. The first-order valence-corrected chi connectivity index (χ1v) is 9.26. The minimum absolute atomic E-state index is 0.154. The highest BCUT2D eigenvalue weighted by molar-refractivity contribution is 7.89. The van der Waals surface area contributed by atoms with Crippen molar-refractivity contribution in [2.24, 2.45) is 0 Å². The molecule has 0 amide bonds. The second-order valence-electron chi connectivity index (χ2n) is 6.01. The fourth-order valence-corrected chi connectivity index (χ4v) is 4.50. The molecular formula is C16H24N2O4S. The Morgan fingerprint density at radius 1 is 1.17 bits per heavy atom. The summed E-state index contributed by atoms with van der Waals surface area (Å²) in [7, 11) is -3.46. The summed E-state index contributed by atoms with van der Waals surface area (Å²) in [4.78, 5) is 13.0. The number of carboxylic acid groups (broad SMARTS) is 1. The molecular weight excluding hydrogens is 316 g/mol. The Kier molecular flexibility index (Phi) is 5.78. The average molecular weight is 340 g/mol. The molecule has 0 unspecified atom stereocenters. The van der Waals surface area contributed by atoms with Crippen molar-refractivity contribution < 1.29 is 18.3 Å². The Balaban J connectivity index is 1.98. The van der Waals surface area contributed by atoms with Crippen molar-refractivity contribution in [2.75, 3.05) is 32.7 Å². The fraction of sp³-hybridized carbons (Fsp3) is 0.562. The molecule has 7 heteroatoms. The van der Waals surface area contributed by atoms with Crippen molar-refractivity contribution in [3.63, 3.8) is 0 Å². The van der Waals surface area contributed by atoms with Gasteiger partial charge in [-0.3, -0.25) is 4.79 Å². The van der Waals surface area contributed by atoms with Crippen molar-refractivity contribution in [3.8, 4) is 0 Å². The predicted molar refractivity (Wildman–Crippen MR) is 88.0 cm³/mol. The summed E-state index contributed by atoms with van der Waals surface area (Å²) in [6, 6.07) is 5.48. The van der Waals surface area contributed by atoms with E-state index in [0.29, 0.717) is 44.0 Å². The van der Waals surface area contributed by atoms with Crippen molar-refractivity contribution >= 4 is 16.0 Å². The molecule has 1 aliphatic rings. The largest absolute Gasteiger partial charge is 0.481 e. The van der Waals surface area contributed by atoms with E-state index >= 15 is 0 Å². The molecule has 0 atom stereocenters. The number of carboxylic acids is 1. The normalized spacial score (nSPS) is 17.3. The first-order valence-electron chi connectivity index (χ1n) is 7.82. The van der Waals surface area contributed by atoms with Crippen LogP contribution in [0, 0.1) is 13.8 Å². The average Bonchev–Trinajstić information content (AvgIpc) is 2.50. The molecule has 0 spiro atoms. The highest BCUT2D eigenvalue weighted by atomic mass is 32.2. The molecule has 2 rings (SSSR count). The van der Waals surface area contributed by atoms with Crippen LogP contribution in [0.5, 0.6) is 0 Å². The molecule has 1 heterocycles. The van der Waals surface area contributed by atoms with Gasteiger partial charge < -0.3 is 10.0 Å². The lowest BCUT2D eigenvalue weighted by molar-refractivity contribution is -0.137. The van der Waals surface area contributed by atoms with Crippen molar-refractivity contribution in [2.45, 2.75) is 31.6 Å². The molecule has 0 bridgehead atoms. The maximum absolute atomic E-state index is 12.8. The quantitative estimate of drug-likeness (QED) is 0.848. The Morgan fingerprint density at radius 3 is 2.43 bits per heavy atom. The van der Waals surface area contributed by atoms with Gasteiger partial charge in [-0.2, -0.15) is 4.31 Å². The minimum atomic E-state index is -3.46. The van der Waals surface area contributed by atoms with E-state index in [2.05, 4.69) is 4.90 Å². The van der Waals surface area contributed by atoms with E-state index in [4.69, 9.17) is 5.11 Å². The summed E-state index contributed by atoms with van der Waals surface area (Å²) in [5.41, 5.74) is 1.70. The molecule has 128 valence electrons. The third-order valence-corrected chi connectivity index (χ3v) is 6.20. The second-order valence-corrected chi connectivity index (χ2v) is 7.92. The van der Waals surface area contributed by atoms with E-state index in [1.165, 1.54) is 4.31 Å². The number of hydrogen-bond acceptors (Lipinski definition) is 4. The van der Waals surface area contributed by atoms with Crippen LogP contribution in [0.2, 0.25) is 0 Å². The fourth-order valence-electron chi connectivity index (χ4n) is 2.77. The minimum Gasteiger partial charge on any atom is -0.481 e. The van der Waals surface area contributed by atoms with Crippen LogP contribution in [0.4, 0.5) is 0 Å². The number of sulfonamides is 1. The van der Waals surface area contributed by atoms with Gasteiger partial charge in [0.1, 0.15) is 0 Å². The number of piperazine rings is 1. The van der Waals surface area contributed by atoms with Gasteiger partial charge in [0.15, 0.2) is 0 Å². The molecule has 23 heavy (non-hydrogen) atoms. The van der Waals surface area contributed by atoms with Gasteiger partial charge >= 0.3 is 5.97 Å². The maximum Gasteiger partial charge on any atom is 0.303 e. The standard InChI is InChI=1S/C16H24N2O4S/c1-13-5-6-14(2)15(12-13)23(21,22)18-10-8-17(9-11-18)7-3-4-16(19)20/h5-6,12H,3-4,7-11H2,1-2H3,(H,19,20). The monoisotopic (exact) mass is 340 g/mol. The number of benzene rings is 1. The topological polar surface area (TPSA) is 77.9 Å². The number of aliphatic carboxylic acids is 1. The van der Waals surface area contributed by atoms with Gasteiger partial charge in [-0.1, -0.05) is 12.1 Å². The van der Waals surface area contributed by atoms with Crippen LogP contribution in [0.1, 0.15) is 24.0 Å². The summed E-state index contributed by atoms with van der Waals surface area (Å²) in [5.74, 6) is -0.791. The maximum atomic E-state index is 12.8. The Bertz CT molecular complexity index is 665. The molecule has 1 saturated heterocycles. The van der Waals surface area contributed by atoms with Crippen molar-refractivity contribution in [1.82, 2.24) is 9.21 Å². The number of hydrogen-bond donors (Lipinski definition) is 1. The zero-order valence-corrected chi connectivity index (χ0v) is 14.5. The zero-order valence-electron chi connectivity index (χ0n) is 13.7. The SMILES string of the molecule is Cc1ccc(C)c(S(=O)(=O)N2CCN(CCCC(=O)O)CC2)c1. The van der Waals surface area contributed by atoms with Crippen LogP contribution < -0.4 is 0 Å². The third-order valence-electron chi connectivity index (χ3n) is 4.16. The van der Waals surface area contributed by atoms with Crippen LogP contribution in [-0.4, -0.2) is 61.4 Å². The molecule has 0 saturated carbocycles. The highest BCUT2D eigenvalue weighted by Gasteiger charge is 2.29. The molecule has 1 aliphatic heterocycles. The number of nitrogens with zero attached hydrogens (tertiary/aromatic N) is 2. The van der Waals surface area contributed by atoms with Crippen LogP contribution in [0.3, 0.4) is 0 Å². The summed E-state index contributed by atoms with van der Waals surface area (Å²) in [6.07, 6.45) is 0.750. The van der Waals surface area contributed by atoms with Crippen LogP contribution in [0.25, 0.3) is 0 Å². The number of carbonyl (C=O) groups is 1. The van der Waals surface area contributed by atoms with Gasteiger partial charge in [-0.05, 0) is 44.0 Å². The molecule has 1 aromatic rings. The summed E-state index contributed by atoms with van der Waals surface area (Å²) in [6.45, 7) is 6.58. The molecule has 0 aromatic heterocycles. The Morgan fingerprint density at radius 2 is 1.83 bits per heavy atom. The molecule has 1 N–H and O–H groups in total. The van der Waals surface area contributed by atoms with Crippen LogP contribution in [-0.2, 0) is 14.8 Å². The van der Waals surface area contributed by atoms with Gasteiger partial charge in [-0.15, -0.1) is 0 Å². The first-order chi connectivity index (χ1) is 10.8. The Labute approximate surface area is 137 Å². The highest BCUT2D eigenvalue weighted by Crippen LogP contribution is 2.22. The summed E-state index contributed by atoms with van der Waals surface area (Å²) >= 11 is 0. The van der Waals surface area contributed by atoms with Crippen molar-refractivity contribution in [1.29, 1.82) is 0 Å². The lowest BCUT2D eigenvalue weighted by atomic mass is 10.2. The van der Waals surface area contributed by atoms with Crippen LogP contribution >= 0.6 is 0 Å². The second kappa shape index (κ2) is 7.42. The molecule has 1 aromatic carbocycles. The van der Waals surface area contributed by atoms with E-state index in [9.17, 15) is 13.2 Å². The van der Waals surface area contributed by atoms with Gasteiger partial charge in [0.05, 0.1) is 4.90 Å². The number of rotatable bonds is 6. The smallest absolute Gasteiger partial charge is 0.303 e. The zero-order chi connectivity index (χ0) is 17.0. The van der Waals surface area contributed by atoms with Gasteiger partial charge in [0, 0.05) is 32.6 Å². The van der Waals surface area contributed by atoms with Gasteiger partial charge in [-0.25, -0.2) is 8.42 Å². The van der Waals surface area contributed by atoms with E-state index in [1.54, 1.807) is 6.07 Å². The van der Waals surface area contributed by atoms with Gasteiger partial charge in [0.25, 0.3) is 0 Å². The van der Waals surface area contributed by atoms with E-state index in [-0.39, 0.29) is 6.42 Å². The lowest BCUT2D eigenvalue weighted by Crippen LogP contribution is -2.48. The predicted octanol–water partition coefficient (Wildman–Crippen LogP) is 1.47.